The van der Waals surface area contributed by atoms with E-state index in [1.165, 1.54) is 12.1 Å². The first-order valence-electron chi connectivity index (χ1n) is 7.53. The van der Waals surface area contributed by atoms with Crippen LogP contribution in [0.15, 0.2) is 59.5 Å². The minimum absolute atomic E-state index is 0.220. The van der Waals surface area contributed by atoms with Gasteiger partial charge in [-0.1, -0.05) is 12.1 Å². The number of carbonyl (C=O) groups excluding carboxylic acids is 1. The van der Waals surface area contributed by atoms with Gasteiger partial charge in [0, 0.05) is 23.6 Å². The summed E-state index contributed by atoms with van der Waals surface area (Å²) in [4.78, 5) is 10.7. The highest BCUT2D eigenvalue weighted by Gasteiger charge is 2.13. The van der Waals surface area contributed by atoms with Crippen molar-refractivity contribution in [3.63, 3.8) is 0 Å². The van der Waals surface area contributed by atoms with E-state index >= 15 is 0 Å². The number of sulfone groups is 1. The van der Waals surface area contributed by atoms with E-state index in [1.807, 2.05) is 6.07 Å². The first-order chi connectivity index (χ1) is 12.4. The molecule has 1 amide bonds. The average Bonchev–Trinajstić information content (AvgIpc) is 3.06. The summed E-state index contributed by atoms with van der Waals surface area (Å²) < 4.78 is 24.8. The first kappa shape index (κ1) is 17.4. The van der Waals surface area contributed by atoms with Gasteiger partial charge < -0.3 is 5.32 Å². The Balaban J connectivity index is 2.07. The molecule has 7 nitrogen and oxygen atoms in total. The van der Waals surface area contributed by atoms with Crippen LogP contribution in [0, 0.1) is 11.3 Å². The molecule has 0 bridgehead atoms. The highest BCUT2D eigenvalue weighted by atomic mass is 32.2. The Morgan fingerprint density at radius 2 is 1.77 bits per heavy atom. The van der Waals surface area contributed by atoms with Crippen LogP contribution in [0.2, 0.25) is 0 Å². The minimum atomic E-state index is -3.28. The van der Waals surface area contributed by atoms with Crippen LogP contribution in [0.25, 0.3) is 16.9 Å². The standard InChI is InChI=1S/C18H14N4O3S/c1-26(24,25)17-8-2-13(3-9-17)18-10-15(11-19)21-22(18)16-6-4-14(5-7-16)20-12-23/h2-10,12H,1H3,(H,20,23). The summed E-state index contributed by atoms with van der Waals surface area (Å²) in [6, 6.07) is 17.0. The summed E-state index contributed by atoms with van der Waals surface area (Å²) in [7, 11) is -3.28. The third kappa shape index (κ3) is 3.48. The van der Waals surface area contributed by atoms with Gasteiger partial charge in [0.05, 0.1) is 16.3 Å². The fraction of sp³-hybridized carbons (Fsp3) is 0.0556. The third-order valence-corrected chi connectivity index (χ3v) is 4.87. The molecule has 130 valence electrons. The fourth-order valence-electron chi connectivity index (χ4n) is 2.48. The van der Waals surface area contributed by atoms with Crippen molar-refractivity contribution in [2.24, 2.45) is 0 Å². The van der Waals surface area contributed by atoms with Gasteiger partial charge in [-0.15, -0.1) is 0 Å². The number of anilines is 1. The normalized spacial score (nSPS) is 10.9. The highest BCUT2D eigenvalue weighted by Crippen LogP contribution is 2.26. The van der Waals surface area contributed by atoms with E-state index in [0.717, 1.165) is 11.8 Å². The Kier molecular flexibility index (Phi) is 4.56. The van der Waals surface area contributed by atoms with E-state index in [-0.39, 0.29) is 10.6 Å². The molecule has 0 saturated heterocycles. The van der Waals surface area contributed by atoms with Crippen molar-refractivity contribution in [2.45, 2.75) is 4.90 Å². The minimum Gasteiger partial charge on any atom is -0.329 e. The Hall–Kier alpha value is -3.44. The van der Waals surface area contributed by atoms with Gasteiger partial charge in [-0.25, -0.2) is 13.1 Å². The molecule has 0 aliphatic heterocycles. The lowest BCUT2D eigenvalue weighted by Crippen LogP contribution is -2.01. The van der Waals surface area contributed by atoms with Crippen molar-refractivity contribution in [1.82, 2.24) is 9.78 Å². The number of nitrogens with one attached hydrogen (secondary N) is 1. The predicted octanol–water partition coefficient (Wildman–Crippen LogP) is 2.38. The average molecular weight is 366 g/mol. The maximum absolute atomic E-state index is 11.6. The van der Waals surface area contributed by atoms with E-state index in [1.54, 1.807) is 47.1 Å². The quantitative estimate of drug-likeness (QED) is 0.698. The van der Waals surface area contributed by atoms with Gasteiger partial charge in [-0.3, -0.25) is 4.79 Å². The van der Waals surface area contributed by atoms with Crippen molar-refractivity contribution in [2.75, 3.05) is 11.6 Å². The van der Waals surface area contributed by atoms with E-state index in [9.17, 15) is 18.5 Å². The van der Waals surface area contributed by atoms with Crippen LogP contribution in [0.3, 0.4) is 0 Å². The predicted molar refractivity (Wildman–Crippen MR) is 96.5 cm³/mol. The second kappa shape index (κ2) is 6.82. The molecule has 0 saturated carbocycles. The molecule has 0 radical (unpaired) electrons. The zero-order valence-electron chi connectivity index (χ0n) is 13.7. The second-order valence-corrected chi connectivity index (χ2v) is 7.56. The summed E-state index contributed by atoms with van der Waals surface area (Å²) in [5.74, 6) is 0. The van der Waals surface area contributed by atoms with Crippen LogP contribution < -0.4 is 5.32 Å². The molecule has 0 aliphatic rings. The number of hydrogen-bond acceptors (Lipinski definition) is 5. The van der Waals surface area contributed by atoms with E-state index in [0.29, 0.717) is 23.5 Å². The van der Waals surface area contributed by atoms with Crippen LogP contribution in [0.5, 0.6) is 0 Å². The molecule has 2 aromatic carbocycles. The van der Waals surface area contributed by atoms with E-state index in [2.05, 4.69) is 10.4 Å². The highest BCUT2D eigenvalue weighted by molar-refractivity contribution is 7.90. The molecule has 1 aromatic heterocycles. The molecular formula is C18H14N4O3S. The topological polar surface area (TPSA) is 105 Å². The fourth-order valence-corrected chi connectivity index (χ4v) is 3.11. The second-order valence-electron chi connectivity index (χ2n) is 5.54. The van der Waals surface area contributed by atoms with Gasteiger partial charge in [0.15, 0.2) is 15.5 Å². The molecule has 0 fully saturated rings. The number of carbonyl (C=O) groups is 1. The summed E-state index contributed by atoms with van der Waals surface area (Å²) in [5, 5.41) is 16.0. The molecule has 3 aromatic rings. The number of amides is 1. The molecule has 1 heterocycles. The SMILES string of the molecule is CS(=O)(=O)c1ccc(-c2cc(C#N)nn2-c2ccc(NC=O)cc2)cc1. The van der Waals surface area contributed by atoms with Gasteiger partial charge in [0.2, 0.25) is 6.41 Å². The van der Waals surface area contributed by atoms with Crippen LogP contribution in [-0.4, -0.2) is 30.9 Å². The Morgan fingerprint density at radius 3 is 2.31 bits per heavy atom. The van der Waals surface area contributed by atoms with E-state index < -0.39 is 9.84 Å². The summed E-state index contributed by atoms with van der Waals surface area (Å²) >= 11 is 0. The van der Waals surface area contributed by atoms with Gasteiger partial charge >= 0.3 is 0 Å². The molecule has 8 heteroatoms. The Morgan fingerprint density at radius 1 is 1.12 bits per heavy atom. The Bertz CT molecular complexity index is 1090. The number of aromatic nitrogens is 2. The molecular weight excluding hydrogens is 352 g/mol. The number of nitrogens with zero attached hydrogens (tertiary/aromatic N) is 3. The van der Waals surface area contributed by atoms with Crippen LogP contribution in [0.1, 0.15) is 5.69 Å². The maximum atomic E-state index is 11.6. The Labute approximate surface area is 150 Å². The number of rotatable bonds is 5. The van der Waals surface area contributed by atoms with Gasteiger partial charge in [0.1, 0.15) is 6.07 Å². The van der Waals surface area contributed by atoms with Crippen molar-refractivity contribution < 1.29 is 13.2 Å². The first-order valence-corrected chi connectivity index (χ1v) is 9.43. The van der Waals surface area contributed by atoms with Crippen molar-refractivity contribution >= 4 is 21.9 Å². The molecule has 0 spiro atoms. The molecule has 1 N–H and O–H groups in total. The molecule has 0 atom stereocenters. The lowest BCUT2D eigenvalue weighted by atomic mass is 10.1. The van der Waals surface area contributed by atoms with Crippen molar-refractivity contribution in [3.05, 3.63) is 60.3 Å². The van der Waals surface area contributed by atoms with Crippen molar-refractivity contribution in [1.29, 1.82) is 5.26 Å². The molecule has 26 heavy (non-hydrogen) atoms. The van der Waals surface area contributed by atoms with Gasteiger partial charge in [0.25, 0.3) is 0 Å². The number of benzene rings is 2. The maximum Gasteiger partial charge on any atom is 0.211 e. The number of hydrogen-bond donors (Lipinski definition) is 1. The molecule has 0 aliphatic carbocycles. The van der Waals surface area contributed by atoms with E-state index in [4.69, 9.17) is 0 Å². The monoisotopic (exact) mass is 366 g/mol. The molecule has 3 rings (SSSR count). The van der Waals surface area contributed by atoms with Gasteiger partial charge in [-0.2, -0.15) is 10.4 Å². The summed E-state index contributed by atoms with van der Waals surface area (Å²) in [5.41, 5.74) is 2.95. The number of nitriles is 1. The lowest BCUT2D eigenvalue weighted by molar-refractivity contribution is -0.105. The smallest absolute Gasteiger partial charge is 0.211 e. The zero-order chi connectivity index (χ0) is 18.7. The van der Waals surface area contributed by atoms with Gasteiger partial charge in [-0.05, 0) is 36.4 Å². The van der Waals surface area contributed by atoms with Crippen molar-refractivity contribution in [3.8, 4) is 23.0 Å². The lowest BCUT2D eigenvalue weighted by Gasteiger charge is -2.09. The van der Waals surface area contributed by atoms with Crippen LogP contribution in [-0.2, 0) is 14.6 Å². The summed E-state index contributed by atoms with van der Waals surface area (Å²) in [6.07, 6.45) is 1.74. The zero-order valence-corrected chi connectivity index (χ0v) is 14.6. The third-order valence-electron chi connectivity index (χ3n) is 3.74. The molecule has 0 unspecified atom stereocenters. The largest absolute Gasteiger partial charge is 0.329 e. The van der Waals surface area contributed by atoms with Crippen LogP contribution in [0.4, 0.5) is 5.69 Å². The van der Waals surface area contributed by atoms with Crippen LogP contribution >= 0.6 is 0 Å². The summed E-state index contributed by atoms with van der Waals surface area (Å²) in [6.45, 7) is 0.